The maximum absolute atomic E-state index is 15.3. The first-order valence-corrected chi connectivity index (χ1v) is 21.1. The van der Waals surface area contributed by atoms with Crippen LogP contribution in [0, 0.1) is 44.8 Å². The zero-order chi connectivity index (χ0) is 42.5. The van der Waals surface area contributed by atoms with Gasteiger partial charge in [0.25, 0.3) is 15.9 Å². The van der Waals surface area contributed by atoms with E-state index in [0.717, 1.165) is 55.0 Å². The minimum atomic E-state index is -4.20. The summed E-state index contributed by atoms with van der Waals surface area (Å²) in [7, 11) is -2.85. The second kappa shape index (κ2) is 15.7. The number of methoxy groups -OCH3 is 1. The number of hydrogen-bond acceptors (Lipinski definition) is 10. The Morgan fingerprint density at radius 1 is 0.967 bits per heavy atom. The molecule has 60 heavy (non-hydrogen) atoms. The van der Waals surface area contributed by atoms with Crippen LogP contribution in [-0.2, 0) is 26.1 Å². The zero-order valence-corrected chi connectivity index (χ0v) is 34.7. The second-order valence-corrected chi connectivity index (χ2v) is 17.3. The van der Waals surface area contributed by atoms with Gasteiger partial charge >= 0.3 is 5.97 Å². The molecule has 0 radical (unpaired) electrons. The molecular weight excluding hydrogens is 804 g/mol. The number of aliphatic imine (C=N–C) groups is 1. The standard InChI is InChI=1S/C44H37FN8O5S2/c1-23-6-17-35(41-38(23)32(20-46)22-47-41)52-60(56,57)33-16-15-31(34(45)18-33)21-48-43(55)30-13-9-28(10-14-30)27-7-11-29(12-8-27)40-39-24(2)25(3)59-44(39)53-26(4)50-51-42(53)36(49-40)19-37(54)58-5/h6-18,22,36,47,52H,19,21H2,1-5H3,(H,48,55)/t36-/m0/s1. The molecule has 0 aliphatic carbocycles. The lowest BCUT2D eigenvalue weighted by Gasteiger charge is -2.12. The Labute approximate surface area is 348 Å². The van der Waals surface area contributed by atoms with Crippen LogP contribution in [0.2, 0.25) is 0 Å². The van der Waals surface area contributed by atoms with Crippen LogP contribution in [-0.4, -0.2) is 52.9 Å². The number of esters is 1. The number of thiophene rings is 1. The molecule has 0 bridgehead atoms. The quantitative estimate of drug-likeness (QED) is 0.116. The molecule has 0 fully saturated rings. The average molecular weight is 841 g/mol. The zero-order valence-electron chi connectivity index (χ0n) is 33.0. The van der Waals surface area contributed by atoms with Crippen molar-refractivity contribution in [3.63, 3.8) is 0 Å². The SMILES string of the molecule is COC(=O)C[C@@H]1N=C(c2ccc(-c3ccc(C(=O)NCc4ccc(S(=O)(=O)Nc5ccc(C)c6c(C#N)c[nH]c56)cc4F)cc3)cc2)c2c(sc(C)c2C)-n2c(C)nnc21. The fourth-order valence-corrected chi connectivity index (χ4v) is 9.61. The molecule has 8 rings (SSSR count). The van der Waals surface area contributed by atoms with E-state index in [9.17, 15) is 23.3 Å². The van der Waals surface area contributed by atoms with Crippen LogP contribution in [0.15, 0.2) is 94.9 Å². The molecular formula is C44H37FN8O5S2. The van der Waals surface area contributed by atoms with E-state index in [4.69, 9.17) is 9.73 Å². The molecule has 0 spiro atoms. The van der Waals surface area contributed by atoms with E-state index in [1.807, 2.05) is 54.8 Å². The number of nitrogens with zero attached hydrogens (tertiary/aromatic N) is 5. The average Bonchev–Trinajstić information content (AvgIpc) is 3.92. The van der Waals surface area contributed by atoms with Gasteiger partial charge in [0.15, 0.2) is 5.82 Å². The van der Waals surface area contributed by atoms with Crippen molar-refractivity contribution in [2.75, 3.05) is 11.8 Å². The van der Waals surface area contributed by atoms with Crippen LogP contribution in [0.5, 0.6) is 0 Å². The lowest BCUT2D eigenvalue weighted by molar-refractivity contribution is -0.141. The summed E-state index contributed by atoms with van der Waals surface area (Å²) in [5.74, 6) is -0.362. The Hall–Kier alpha value is -6.96. The molecule has 3 aromatic heterocycles. The summed E-state index contributed by atoms with van der Waals surface area (Å²) < 4.78 is 51.2. The fourth-order valence-electron chi connectivity index (χ4n) is 7.31. The van der Waals surface area contributed by atoms with E-state index < -0.39 is 33.8 Å². The Morgan fingerprint density at radius 3 is 2.35 bits per heavy atom. The predicted molar refractivity (Wildman–Crippen MR) is 226 cm³/mol. The van der Waals surface area contributed by atoms with Gasteiger partial charge in [0, 0.05) is 45.3 Å². The van der Waals surface area contributed by atoms with Gasteiger partial charge in [-0.1, -0.05) is 48.5 Å². The molecule has 1 aliphatic heterocycles. The molecule has 16 heteroatoms. The molecule has 3 N–H and O–H groups in total. The molecule has 0 saturated heterocycles. The van der Waals surface area contributed by atoms with Gasteiger partial charge in [-0.05, 0) is 80.3 Å². The molecule has 4 aromatic carbocycles. The summed E-state index contributed by atoms with van der Waals surface area (Å²) in [6.45, 7) is 7.65. The summed E-state index contributed by atoms with van der Waals surface area (Å²) in [5, 5.41) is 22.4. The maximum atomic E-state index is 15.3. The number of nitriles is 1. The fraction of sp³-hybridized carbons (Fsp3) is 0.182. The van der Waals surface area contributed by atoms with E-state index in [-0.39, 0.29) is 29.1 Å². The third-order valence-corrected chi connectivity index (χ3v) is 13.2. The number of aryl methyl sites for hydroxylation is 3. The predicted octanol–water partition coefficient (Wildman–Crippen LogP) is 7.91. The largest absolute Gasteiger partial charge is 0.469 e. The molecule has 13 nitrogen and oxygen atoms in total. The van der Waals surface area contributed by atoms with Gasteiger partial charge in [0.1, 0.15) is 28.8 Å². The molecule has 0 saturated carbocycles. The molecule has 4 heterocycles. The number of ether oxygens (including phenoxy) is 1. The molecule has 0 unspecified atom stereocenters. The number of aromatic amines is 1. The molecule has 1 amide bonds. The van der Waals surface area contributed by atoms with Crippen molar-refractivity contribution < 1.29 is 27.1 Å². The Bertz CT molecular complexity index is 3050. The van der Waals surface area contributed by atoms with E-state index in [2.05, 4.69) is 45.1 Å². The number of nitrogens with one attached hydrogen (secondary N) is 3. The van der Waals surface area contributed by atoms with Crippen molar-refractivity contribution in [2.24, 2.45) is 4.99 Å². The first-order valence-electron chi connectivity index (χ1n) is 18.8. The van der Waals surface area contributed by atoms with Gasteiger partial charge in [0.2, 0.25) is 0 Å². The van der Waals surface area contributed by atoms with Crippen molar-refractivity contribution in [3.05, 3.63) is 146 Å². The number of aromatic nitrogens is 4. The Morgan fingerprint density at radius 2 is 1.67 bits per heavy atom. The monoisotopic (exact) mass is 840 g/mol. The third-order valence-electron chi connectivity index (χ3n) is 10.6. The summed E-state index contributed by atoms with van der Waals surface area (Å²) in [5.41, 5.74) is 7.70. The molecule has 7 aromatic rings. The number of benzene rings is 4. The van der Waals surface area contributed by atoms with E-state index >= 15 is 4.39 Å². The van der Waals surface area contributed by atoms with E-state index in [1.165, 1.54) is 25.4 Å². The van der Waals surface area contributed by atoms with Gasteiger partial charge < -0.3 is 15.0 Å². The second-order valence-electron chi connectivity index (χ2n) is 14.4. The number of H-pyrrole nitrogens is 1. The van der Waals surface area contributed by atoms with Crippen molar-refractivity contribution in [3.8, 4) is 22.2 Å². The first-order chi connectivity index (χ1) is 28.8. The van der Waals surface area contributed by atoms with Crippen LogP contribution >= 0.6 is 11.3 Å². The number of carbonyl (C=O) groups excluding carboxylic acids is 2. The lowest BCUT2D eigenvalue weighted by Crippen LogP contribution is -2.23. The van der Waals surface area contributed by atoms with E-state index in [1.54, 1.807) is 35.6 Å². The highest BCUT2D eigenvalue weighted by Crippen LogP contribution is 2.40. The van der Waals surface area contributed by atoms with Crippen LogP contribution < -0.4 is 10.0 Å². The third kappa shape index (κ3) is 7.22. The highest BCUT2D eigenvalue weighted by Gasteiger charge is 2.32. The maximum Gasteiger partial charge on any atom is 0.308 e. The topological polar surface area (TPSA) is 184 Å². The van der Waals surface area contributed by atoms with Crippen molar-refractivity contribution in [1.82, 2.24) is 25.1 Å². The number of halogens is 1. The minimum Gasteiger partial charge on any atom is -0.469 e. The molecule has 302 valence electrons. The molecule has 1 atom stereocenters. The van der Waals surface area contributed by atoms with Gasteiger partial charge in [-0.3, -0.25) is 23.9 Å². The van der Waals surface area contributed by atoms with Crippen LogP contribution in [0.1, 0.15) is 72.7 Å². The van der Waals surface area contributed by atoms with Crippen LogP contribution in [0.4, 0.5) is 10.1 Å². The van der Waals surface area contributed by atoms with Crippen molar-refractivity contribution in [2.45, 2.75) is 51.6 Å². The Balaban J connectivity index is 0.958. The minimum absolute atomic E-state index is 0.00599. The highest BCUT2D eigenvalue weighted by atomic mass is 32.2. The van der Waals surface area contributed by atoms with Gasteiger partial charge in [0.05, 0.1) is 40.9 Å². The number of anilines is 1. The van der Waals surface area contributed by atoms with Crippen molar-refractivity contribution in [1.29, 1.82) is 5.26 Å². The number of amides is 1. The number of sulfonamides is 1. The van der Waals surface area contributed by atoms with Gasteiger partial charge in [-0.15, -0.1) is 21.5 Å². The summed E-state index contributed by atoms with van der Waals surface area (Å²) in [6, 6.07) is 23.2. The van der Waals surface area contributed by atoms with Gasteiger partial charge in [-0.25, -0.2) is 12.8 Å². The lowest BCUT2D eigenvalue weighted by atomic mass is 9.96. The smallest absolute Gasteiger partial charge is 0.308 e. The number of fused-ring (bicyclic) bond motifs is 4. The van der Waals surface area contributed by atoms with Crippen LogP contribution in [0.3, 0.4) is 0 Å². The normalized spacial score (nSPS) is 13.5. The summed E-state index contributed by atoms with van der Waals surface area (Å²) in [4.78, 5) is 34.5. The number of rotatable bonds is 10. The summed E-state index contributed by atoms with van der Waals surface area (Å²) >= 11 is 1.63. The van der Waals surface area contributed by atoms with Crippen LogP contribution in [0.25, 0.3) is 27.0 Å². The first kappa shape index (κ1) is 39.8. The van der Waals surface area contributed by atoms with Gasteiger partial charge in [-0.2, -0.15) is 5.26 Å². The summed E-state index contributed by atoms with van der Waals surface area (Å²) in [6.07, 6.45) is 1.51. The number of hydrogen-bond donors (Lipinski definition) is 3. The molecule has 1 aliphatic rings. The van der Waals surface area contributed by atoms with E-state index in [0.29, 0.717) is 33.7 Å². The van der Waals surface area contributed by atoms with Crippen molar-refractivity contribution >= 4 is 55.5 Å². The highest BCUT2D eigenvalue weighted by molar-refractivity contribution is 7.92. The Kier molecular flexibility index (Phi) is 10.4. The number of carbonyl (C=O) groups is 2.